The molecule has 0 spiro atoms. The zero-order valence-corrected chi connectivity index (χ0v) is 18.9. The lowest BCUT2D eigenvalue weighted by atomic mass is 10.2. The van der Waals surface area contributed by atoms with Crippen LogP contribution >= 0.6 is 46.6 Å². The highest BCUT2D eigenvalue weighted by molar-refractivity contribution is 8.03. The summed E-state index contributed by atoms with van der Waals surface area (Å²) in [6.45, 7) is 2.75. The summed E-state index contributed by atoms with van der Waals surface area (Å²) in [6, 6.07) is 4.19. The average Bonchev–Trinajstić information content (AvgIpc) is 3.46. The summed E-state index contributed by atoms with van der Waals surface area (Å²) in [5.74, 6) is 3.09. The molecule has 0 fully saturated rings. The van der Waals surface area contributed by atoms with Gasteiger partial charge in [0.15, 0.2) is 19.7 Å². The van der Waals surface area contributed by atoms with Gasteiger partial charge in [0.25, 0.3) is 0 Å². The first kappa shape index (κ1) is 20.6. The van der Waals surface area contributed by atoms with Gasteiger partial charge in [-0.3, -0.25) is 14.3 Å². The average molecular weight is 466 g/mol. The van der Waals surface area contributed by atoms with E-state index in [2.05, 4.69) is 35.3 Å². The predicted octanol–water partition coefficient (Wildman–Crippen LogP) is 3.25. The van der Waals surface area contributed by atoms with Crippen molar-refractivity contribution in [1.29, 1.82) is 0 Å². The molecule has 0 aromatic carbocycles. The third-order valence-corrected chi connectivity index (χ3v) is 8.46. The van der Waals surface area contributed by atoms with Crippen LogP contribution in [0.2, 0.25) is 0 Å². The fourth-order valence-corrected chi connectivity index (χ4v) is 6.87. The smallest absolute Gasteiger partial charge is 0.230 e. The number of carbonyl (C=O) groups is 1. The first-order chi connectivity index (χ1) is 14.2. The van der Waals surface area contributed by atoms with Gasteiger partial charge in [-0.05, 0) is 18.6 Å². The van der Waals surface area contributed by atoms with Gasteiger partial charge in [-0.15, -0.1) is 20.4 Å². The first-order valence-corrected chi connectivity index (χ1v) is 12.9. The Kier molecular flexibility index (Phi) is 7.06. The summed E-state index contributed by atoms with van der Waals surface area (Å²) in [4.78, 5) is 15.9. The Morgan fingerprint density at radius 2 is 2.14 bits per heavy atom. The van der Waals surface area contributed by atoms with Gasteiger partial charge < -0.3 is 5.32 Å². The third-order valence-electron chi connectivity index (χ3n) is 4.04. The molecule has 0 bridgehead atoms. The number of nitrogens with zero attached hydrogens (tertiary/aromatic N) is 6. The van der Waals surface area contributed by atoms with E-state index < -0.39 is 0 Å². The lowest BCUT2D eigenvalue weighted by Crippen LogP contribution is -2.25. The Morgan fingerprint density at radius 1 is 1.28 bits per heavy atom. The van der Waals surface area contributed by atoms with Crippen molar-refractivity contribution in [2.45, 2.75) is 33.2 Å². The SMILES string of the molecule is CCCNC(=O)CSc1nnc(SCC2CSc3nnc(-c4cccnc4)n32)s1. The van der Waals surface area contributed by atoms with E-state index in [0.29, 0.717) is 12.3 Å². The molecule has 4 rings (SSSR count). The van der Waals surface area contributed by atoms with Crippen LogP contribution in [0.5, 0.6) is 0 Å². The summed E-state index contributed by atoms with van der Waals surface area (Å²) >= 11 is 6.37. The van der Waals surface area contributed by atoms with E-state index in [1.807, 2.05) is 25.3 Å². The van der Waals surface area contributed by atoms with Gasteiger partial charge in [0.05, 0.1) is 11.8 Å². The first-order valence-electron chi connectivity index (χ1n) is 9.08. The second kappa shape index (κ2) is 9.92. The molecule has 8 nitrogen and oxygen atoms in total. The largest absolute Gasteiger partial charge is 0.355 e. The number of carbonyl (C=O) groups excluding carboxylic acids is 1. The van der Waals surface area contributed by atoms with Crippen LogP contribution in [0.25, 0.3) is 11.4 Å². The zero-order valence-electron chi connectivity index (χ0n) is 15.6. The highest BCUT2D eigenvalue weighted by Crippen LogP contribution is 2.39. The zero-order chi connectivity index (χ0) is 20.1. The molecule has 12 heteroatoms. The van der Waals surface area contributed by atoms with Gasteiger partial charge >= 0.3 is 0 Å². The van der Waals surface area contributed by atoms with E-state index in [1.165, 1.54) is 23.1 Å². The molecule has 152 valence electrons. The van der Waals surface area contributed by atoms with Crippen molar-refractivity contribution < 1.29 is 4.79 Å². The highest BCUT2D eigenvalue weighted by Gasteiger charge is 2.29. The maximum absolute atomic E-state index is 11.7. The Hall–Kier alpha value is -1.63. The molecule has 4 heterocycles. The minimum Gasteiger partial charge on any atom is -0.355 e. The Bertz CT molecular complexity index is 962. The third kappa shape index (κ3) is 5.11. The van der Waals surface area contributed by atoms with Gasteiger partial charge in [0.2, 0.25) is 5.91 Å². The highest BCUT2D eigenvalue weighted by atomic mass is 32.2. The Balaban J connectivity index is 1.34. The van der Waals surface area contributed by atoms with Gasteiger partial charge in [-0.1, -0.05) is 53.5 Å². The molecule has 3 aromatic heterocycles. The fraction of sp³-hybridized carbons (Fsp3) is 0.412. The Labute approximate surface area is 185 Å². The van der Waals surface area contributed by atoms with Crippen LogP contribution in [0.4, 0.5) is 0 Å². The van der Waals surface area contributed by atoms with Crippen LogP contribution < -0.4 is 5.32 Å². The molecule has 0 radical (unpaired) electrons. The second-order valence-electron chi connectivity index (χ2n) is 6.17. The summed E-state index contributed by atoms with van der Waals surface area (Å²) in [7, 11) is 0. The molecular formula is C17H19N7OS4. The van der Waals surface area contributed by atoms with Gasteiger partial charge in [-0.25, -0.2) is 0 Å². The van der Waals surface area contributed by atoms with Crippen LogP contribution in [0.1, 0.15) is 19.4 Å². The van der Waals surface area contributed by atoms with Crippen LogP contribution in [0, 0.1) is 0 Å². The van der Waals surface area contributed by atoms with Crippen LogP contribution in [0.15, 0.2) is 38.4 Å². The quantitative estimate of drug-likeness (QED) is 0.477. The van der Waals surface area contributed by atoms with E-state index in [-0.39, 0.29) is 11.9 Å². The molecule has 1 atom stereocenters. The minimum absolute atomic E-state index is 0.0345. The molecular weight excluding hydrogens is 447 g/mol. The van der Waals surface area contributed by atoms with Crippen molar-refractivity contribution in [2.24, 2.45) is 0 Å². The van der Waals surface area contributed by atoms with Crippen molar-refractivity contribution in [3.05, 3.63) is 24.5 Å². The number of nitrogens with one attached hydrogen (secondary N) is 1. The number of aromatic nitrogens is 6. The van der Waals surface area contributed by atoms with Crippen molar-refractivity contribution in [3.8, 4) is 11.4 Å². The van der Waals surface area contributed by atoms with Crippen LogP contribution in [-0.2, 0) is 4.79 Å². The number of thioether (sulfide) groups is 3. The number of pyridine rings is 1. The van der Waals surface area contributed by atoms with Crippen molar-refractivity contribution >= 4 is 52.5 Å². The van der Waals surface area contributed by atoms with E-state index in [1.54, 1.807) is 29.7 Å². The normalized spacial score (nSPS) is 15.4. The number of rotatable bonds is 9. The topological polar surface area (TPSA) is 98.5 Å². The molecule has 1 unspecified atom stereocenters. The molecule has 3 aromatic rings. The lowest BCUT2D eigenvalue weighted by molar-refractivity contribution is -0.118. The van der Waals surface area contributed by atoms with Gasteiger partial charge in [0, 0.05) is 36.0 Å². The van der Waals surface area contributed by atoms with E-state index in [9.17, 15) is 4.79 Å². The summed E-state index contributed by atoms with van der Waals surface area (Å²) in [6.07, 6.45) is 4.51. The summed E-state index contributed by atoms with van der Waals surface area (Å²) in [5, 5.41) is 20.9. The molecule has 0 saturated carbocycles. The molecule has 1 N–H and O–H groups in total. The number of hydrogen-bond donors (Lipinski definition) is 1. The standard InChI is InChI=1S/C17H19N7OS4/c1-2-5-19-13(25)10-28-17-23-22-16(29-17)27-9-12-8-26-15-21-20-14(24(12)15)11-4-3-6-18-7-11/h3-4,6-7,12H,2,5,8-10H2,1H3,(H,19,25). The Morgan fingerprint density at radius 3 is 2.93 bits per heavy atom. The molecule has 0 aliphatic carbocycles. The predicted molar refractivity (Wildman–Crippen MR) is 118 cm³/mol. The lowest BCUT2D eigenvalue weighted by Gasteiger charge is -2.13. The fourth-order valence-electron chi connectivity index (χ4n) is 2.69. The van der Waals surface area contributed by atoms with Crippen molar-refractivity contribution in [1.82, 2.24) is 35.3 Å². The number of fused-ring (bicyclic) bond motifs is 1. The summed E-state index contributed by atoms with van der Waals surface area (Å²) in [5.41, 5.74) is 0.972. The van der Waals surface area contributed by atoms with Crippen molar-refractivity contribution in [3.63, 3.8) is 0 Å². The second-order valence-corrected chi connectivity index (χ2v) is 10.6. The minimum atomic E-state index is 0.0345. The van der Waals surface area contributed by atoms with E-state index >= 15 is 0 Å². The molecule has 1 aliphatic heterocycles. The molecule has 1 aliphatic rings. The molecule has 0 saturated heterocycles. The maximum Gasteiger partial charge on any atom is 0.230 e. The number of amides is 1. The van der Waals surface area contributed by atoms with Crippen molar-refractivity contribution in [2.75, 3.05) is 23.8 Å². The van der Waals surface area contributed by atoms with Gasteiger partial charge in [0.1, 0.15) is 0 Å². The van der Waals surface area contributed by atoms with E-state index in [4.69, 9.17) is 0 Å². The summed E-state index contributed by atoms with van der Waals surface area (Å²) < 4.78 is 3.93. The maximum atomic E-state index is 11.7. The molecule has 1 amide bonds. The van der Waals surface area contributed by atoms with Crippen LogP contribution in [0.3, 0.4) is 0 Å². The monoisotopic (exact) mass is 465 g/mol. The van der Waals surface area contributed by atoms with Crippen LogP contribution in [-0.4, -0.2) is 59.7 Å². The van der Waals surface area contributed by atoms with Gasteiger partial charge in [-0.2, -0.15) is 0 Å². The number of hydrogen-bond acceptors (Lipinski definition) is 10. The molecule has 29 heavy (non-hydrogen) atoms. The van der Waals surface area contributed by atoms with E-state index in [0.717, 1.165) is 43.2 Å².